The van der Waals surface area contributed by atoms with Gasteiger partial charge in [0.1, 0.15) is 18.1 Å². The standard InChI is InChI=1S/C15H14FN5O4/c1-9(23)17-5-11-6-20(15(24)25-11)10-2-3-13(12(16)4-10)21-8-18-14(7-22)19-21/h2-4,7-8,11H,5-6H2,1H3,(H,17,23)/t11-/m0/s1. The minimum absolute atomic E-state index is 0.0626. The predicted octanol–water partition coefficient (Wildman–Crippen LogP) is 0.680. The number of carbonyl (C=O) groups is 3. The third-order valence-corrected chi connectivity index (χ3v) is 3.56. The zero-order chi connectivity index (χ0) is 18.0. The van der Waals surface area contributed by atoms with Gasteiger partial charge in [-0.15, -0.1) is 5.10 Å². The molecule has 1 atom stereocenters. The van der Waals surface area contributed by atoms with E-state index in [-0.39, 0.29) is 30.5 Å². The zero-order valence-electron chi connectivity index (χ0n) is 13.2. The van der Waals surface area contributed by atoms with E-state index in [1.165, 1.54) is 36.4 Å². The number of carbonyl (C=O) groups excluding carboxylic acids is 3. The average Bonchev–Trinajstić information content (AvgIpc) is 3.19. The van der Waals surface area contributed by atoms with Crippen molar-refractivity contribution in [1.29, 1.82) is 0 Å². The third kappa shape index (κ3) is 3.47. The minimum Gasteiger partial charge on any atom is -0.442 e. The summed E-state index contributed by atoms with van der Waals surface area (Å²) in [5, 5.41) is 6.37. The van der Waals surface area contributed by atoms with Crippen molar-refractivity contribution in [3.05, 3.63) is 36.2 Å². The van der Waals surface area contributed by atoms with E-state index in [4.69, 9.17) is 4.74 Å². The number of cyclic esters (lactones) is 1. The van der Waals surface area contributed by atoms with Crippen LogP contribution in [-0.4, -0.2) is 52.2 Å². The summed E-state index contributed by atoms with van der Waals surface area (Å²) in [4.78, 5) is 38.5. The molecule has 1 aliphatic heterocycles. The first-order valence-electron chi connectivity index (χ1n) is 7.37. The molecule has 0 bridgehead atoms. The lowest BCUT2D eigenvalue weighted by Gasteiger charge is -2.14. The van der Waals surface area contributed by atoms with Gasteiger partial charge >= 0.3 is 6.09 Å². The normalized spacial score (nSPS) is 16.6. The molecule has 2 heterocycles. The van der Waals surface area contributed by atoms with E-state index < -0.39 is 18.0 Å². The number of aromatic nitrogens is 3. The smallest absolute Gasteiger partial charge is 0.414 e. The van der Waals surface area contributed by atoms with Crippen molar-refractivity contribution < 1.29 is 23.5 Å². The second kappa shape index (κ2) is 6.67. The average molecular weight is 347 g/mol. The largest absolute Gasteiger partial charge is 0.442 e. The van der Waals surface area contributed by atoms with Crippen molar-refractivity contribution in [3.63, 3.8) is 0 Å². The molecular weight excluding hydrogens is 333 g/mol. The van der Waals surface area contributed by atoms with Crippen LogP contribution in [0.5, 0.6) is 0 Å². The van der Waals surface area contributed by atoms with Crippen LogP contribution in [-0.2, 0) is 9.53 Å². The Morgan fingerprint density at radius 2 is 2.32 bits per heavy atom. The van der Waals surface area contributed by atoms with E-state index in [0.717, 1.165) is 4.68 Å². The molecule has 1 aromatic carbocycles. The Kier molecular flexibility index (Phi) is 4.42. The molecule has 1 aromatic heterocycles. The van der Waals surface area contributed by atoms with Gasteiger partial charge in [-0.1, -0.05) is 0 Å². The van der Waals surface area contributed by atoms with E-state index in [1.54, 1.807) is 0 Å². The highest BCUT2D eigenvalue weighted by Gasteiger charge is 2.32. The number of rotatable bonds is 5. The van der Waals surface area contributed by atoms with Gasteiger partial charge in [0, 0.05) is 6.92 Å². The van der Waals surface area contributed by atoms with Gasteiger partial charge in [0.15, 0.2) is 12.1 Å². The fourth-order valence-corrected chi connectivity index (χ4v) is 2.39. The van der Waals surface area contributed by atoms with Gasteiger partial charge in [0.05, 0.1) is 18.8 Å². The number of halogens is 1. The topological polar surface area (TPSA) is 106 Å². The highest BCUT2D eigenvalue weighted by molar-refractivity contribution is 5.90. The van der Waals surface area contributed by atoms with Gasteiger partial charge in [-0.2, -0.15) is 0 Å². The van der Waals surface area contributed by atoms with Gasteiger partial charge in [0.2, 0.25) is 11.7 Å². The van der Waals surface area contributed by atoms with Crippen LogP contribution in [0.2, 0.25) is 0 Å². The Labute approximate surface area is 141 Å². The number of hydrogen-bond acceptors (Lipinski definition) is 6. The Bertz CT molecular complexity index is 837. The summed E-state index contributed by atoms with van der Waals surface area (Å²) >= 11 is 0. The molecule has 2 aromatic rings. The van der Waals surface area contributed by atoms with Crippen molar-refractivity contribution in [2.24, 2.45) is 0 Å². The summed E-state index contributed by atoms with van der Waals surface area (Å²) in [7, 11) is 0. The Morgan fingerprint density at radius 3 is 2.96 bits per heavy atom. The second-order valence-corrected chi connectivity index (χ2v) is 5.35. The van der Waals surface area contributed by atoms with Crippen LogP contribution < -0.4 is 10.2 Å². The number of nitrogens with one attached hydrogen (secondary N) is 1. The molecule has 10 heteroatoms. The summed E-state index contributed by atoms with van der Waals surface area (Å²) in [5.41, 5.74) is 0.402. The van der Waals surface area contributed by atoms with Gasteiger partial charge in [-0.05, 0) is 18.2 Å². The quantitative estimate of drug-likeness (QED) is 0.797. The fraction of sp³-hybridized carbons (Fsp3) is 0.267. The van der Waals surface area contributed by atoms with Crippen molar-refractivity contribution >= 4 is 24.0 Å². The molecule has 0 saturated carbocycles. The van der Waals surface area contributed by atoms with Crippen LogP contribution >= 0.6 is 0 Å². The van der Waals surface area contributed by atoms with Crippen LogP contribution in [0, 0.1) is 5.82 Å². The summed E-state index contributed by atoms with van der Waals surface area (Å²) in [6, 6.07) is 4.12. The first kappa shape index (κ1) is 16.6. The lowest BCUT2D eigenvalue weighted by molar-refractivity contribution is -0.119. The first-order valence-corrected chi connectivity index (χ1v) is 7.37. The number of nitrogens with zero attached hydrogens (tertiary/aromatic N) is 4. The summed E-state index contributed by atoms with van der Waals surface area (Å²) in [6.45, 7) is 1.74. The van der Waals surface area contributed by atoms with Crippen molar-refractivity contribution in [2.75, 3.05) is 18.0 Å². The summed E-state index contributed by atoms with van der Waals surface area (Å²) < 4.78 is 20.6. The van der Waals surface area contributed by atoms with E-state index in [2.05, 4.69) is 15.4 Å². The molecule has 0 aliphatic carbocycles. The van der Waals surface area contributed by atoms with Crippen molar-refractivity contribution in [1.82, 2.24) is 20.1 Å². The minimum atomic E-state index is -0.641. The molecule has 0 spiro atoms. The molecule has 1 saturated heterocycles. The molecule has 1 fully saturated rings. The number of amides is 2. The van der Waals surface area contributed by atoms with E-state index >= 15 is 0 Å². The second-order valence-electron chi connectivity index (χ2n) is 5.35. The lowest BCUT2D eigenvalue weighted by Crippen LogP contribution is -2.33. The molecule has 25 heavy (non-hydrogen) atoms. The van der Waals surface area contributed by atoms with E-state index in [1.807, 2.05) is 0 Å². The molecule has 1 N–H and O–H groups in total. The predicted molar refractivity (Wildman–Crippen MR) is 83.0 cm³/mol. The number of ether oxygens (including phenoxy) is 1. The third-order valence-electron chi connectivity index (χ3n) is 3.56. The molecule has 0 radical (unpaired) electrons. The number of aldehydes is 1. The maximum Gasteiger partial charge on any atom is 0.414 e. The SMILES string of the molecule is CC(=O)NC[C@H]1CN(c2ccc(-n3cnc(C=O)n3)c(F)c2)C(=O)O1. The zero-order valence-corrected chi connectivity index (χ0v) is 13.2. The Hall–Kier alpha value is -3.30. The monoisotopic (exact) mass is 347 g/mol. The van der Waals surface area contributed by atoms with Crippen LogP contribution in [0.15, 0.2) is 24.5 Å². The summed E-state index contributed by atoms with van der Waals surface area (Å²) in [6.07, 6.45) is 0.546. The number of anilines is 1. The molecule has 9 nitrogen and oxygen atoms in total. The van der Waals surface area contributed by atoms with Crippen molar-refractivity contribution in [2.45, 2.75) is 13.0 Å². The number of hydrogen-bond donors (Lipinski definition) is 1. The molecule has 130 valence electrons. The van der Waals surface area contributed by atoms with Gasteiger partial charge in [0.25, 0.3) is 0 Å². The van der Waals surface area contributed by atoms with Crippen LogP contribution in [0.3, 0.4) is 0 Å². The van der Waals surface area contributed by atoms with E-state index in [0.29, 0.717) is 12.0 Å². The highest BCUT2D eigenvalue weighted by Crippen LogP contribution is 2.25. The molecular formula is C15H14FN5O4. The Balaban J connectivity index is 1.77. The lowest BCUT2D eigenvalue weighted by atomic mass is 10.2. The Morgan fingerprint density at radius 1 is 1.52 bits per heavy atom. The fourth-order valence-electron chi connectivity index (χ4n) is 2.39. The van der Waals surface area contributed by atoms with Crippen molar-refractivity contribution in [3.8, 4) is 5.69 Å². The maximum absolute atomic E-state index is 14.4. The van der Waals surface area contributed by atoms with Crippen LogP contribution in [0.4, 0.5) is 14.9 Å². The maximum atomic E-state index is 14.4. The highest BCUT2D eigenvalue weighted by atomic mass is 19.1. The van der Waals surface area contributed by atoms with Gasteiger partial charge in [-0.3, -0.25) is 14.5 Å². The van der Waals surface area contributed by atoms with Crippen LogP contribution in [0.1, 0.15) is 17.5 Å². The molecule has 0 unspecified atom stereocenters. The van der Waals surface area contributed by atoms with Crippen LogP contribution in [0.25, 0.3) is 5.69 Å². The molecule has 2 amide bonds. The molecule has 1 aliphatic rings. The summed E-state index contributed by atoms with van der Waals surface area (Å²) in [5.74, 6) is -0.933. The number of benzene rings is 1. The first-order chi connectivity index (χ1) is 12.0. The van der Waals surface area contributed by atoms with Gasteiger partial charge in [-0.25, -0.2) is 18.9 Å². The van der Waals surface area contributed by atoms with E-state index in [9.17, 15) is 18.8 Å². The molecule has 3 rings (SSSR count). The van der Waals surface area contributed by atoms with Gasteiger partial charge < -0.3 is 10.1 Å².